The molecule has 3 atom stereocenters. The molecule has 4 heterocycles. The summed E-state index contributed by atoms with van der Waals surface area (Å²) in [5, 5.41) is 4.74. The molecule has 2 aliphatic heterocycles. The van der Waals surface area contributed by atoms with Gasteiger partial charge in [0.1, 0.15) is 17.2 Å². The van der Waals surface area contributed by atoms with E-state index in [1.54, 1.807) is 18.4 Å². The van der Waals surface area contributed by atoms with Gasteiger partial charge in [0.15, 0.2) is 0 Å². The van der Waals surface area contributed by atoms with Crippen LogP contribution in [-0.2, 0) is 17.7 Å². The summed E-state index contributed by atoms with van der Waals surface area (Å²) >= 11 is 1.68. The Kier molecular flexibility index (Phi) is 6.18. The number of piperidine rings is 1. The molecule has 5 rings (SSSR count). The number of ether oxygens (including phenoxy) is 2. The van der Waals surface area contributed by atoms with Gasteiger partial charge in [0.25, 0.3) is 0 Å². The van der Waals surface area contributed by atoms with Gasteiger partial charge in [-0.15, -0.1) is 11.3 Å². The highest BCUT2D eigenvalue weighted by atomic mass is 32.1. The van der Waals surface area contributed by atoms with Crippen LogP contribution >= 0.6 is 11.3 Å². The van der Waals surface area contributed by atoms with Crippen LogP contribution in [0.2, 0.25) is 0 Å². The molecule has 0 unspecified atom stereocenters. The van der Waals surface area contributed by atoms with Crippen LogP contribution in [0.15, 0.2) is 24.3 Å². The molecule has 1 aromatic carbocycles. The van der Waals surface area contributed by atoms with Crippen molar-refractivity contribution in [2.75, 3.05) is 37.4 Å². The summed E-state index contributed by atoms with van der Waals surface area (Å²) in [6.07, 6.45) is 2.01. The van der Waals surface area contributed by atoms with Crippen LogP contribution in [0.3, 0.4) is 0 Å². The van der Waals surface area contributed by atoms with Gasteiger partial charge < -0.3 is 31.2 Å². The Morgan fingerprint density at radius 2 is 2.15 bits per heavy atom. The number of nitrogens with two attached hydrogens (primary N) is 2. The molecule has 0 spiro atoms. The predicted molar refractivity (Wildman–Crippen MR) is 135 cm³/mol. The Bertz CT molecular complexity index is 1160. The standard InChI is InChI=1S/C25H33N5O2S/c1-14-8-15(2)29-25-23(14)24(27)22(33-25)11-28-17-9-16-4-5-18(10-21(16)32-13-17)30-7-6-20(31-3)19(26)12-30/h4-5,8,10,17,19-20,28H,6-7,9,11-13,26-27H2,1-3H3/t17-,19+,20+/m1/s1. The van der Waals surface area contributed by atoms with Crippen LogP contribution in [0, 0.1) is 13.8 Å². The lowest BCUT2D eigenvalue weighted by molar-refractivity contribution is 0.0664. The summed E-state index contributed by atoms with van der Waals surface area (Å²) in [4.78, 5) is 9.16. The first-order chi connectivity index (χ1) is 15.9. The van der Waals surface area contributed by atoms with E-state index in [4.69, 9.17) is 20.9 Å². The average Bonchev–Trinajstić information content (AvgIpc) is 3.12. The molecular weight excluding hydrogens is 434 g/mol. The Labute approximate surface area is 199 Å². The molecule has 1 fully saturated rings. The zero-order chi connectivity index (χ0) is 23.1. The third kappa shape index (κ3) is 4.40. The summed E-state index contributed by atoms with van der Waals surface area (Å²) in [7, 11) is 1.74. The minimum atomic E-state index is 0.0264. The van der Waals surface area contributed by atoms with Gasteiger partial charge in [-0.2, -0.15) is 0 Å². The molecule has 176 valence electrons. The monoisotopic (exact) mass is 467 g/mol. The van der Waals surface area contributed by atoms with Crippen molar-refractivity contribution in [2.45, 2.75) is 51.4 Å². The highest BCUT2D eigenvalue weighted by molar-refractivity contribution is 7.19. The van der Waals surface area contributed by atoms with E-state index < -0.39 is 0 Å². The number of pyridine rings is 1. The molecule has 7 nitrogen and oxygen atoms in total. The van der Waals surface area contributed by atoms with Crippen LogP contribution in [0.25, 0.3) is 10.2 Å². The van der Waals surface area contributed by atoms with Crippen molar-refractivity contribution in [3.8, 4) is 5.75 Å². The molecule has 3 aromatic rings. The highest BCUT2D eigenvalue weighted by Gasteiger charge is 2.28. The molecule has 2 aromatic heterocycles. The van der Waals surface area contributed by atoms with Crippen molar-refractivity contribution < 1.29 is 9.47 Å². The number of aryl methyl sites for hydroxylation is 2. The predicted octanol–water partition coefficient (Wildman–Crippen LogP) is 3.14. The molecular formula is C25H33N5O2S. The van der Waals surface area contributed by atoms with Gasteiger partial charge in [0.05, 0.1) is 11.8 Å². The number of anilines is 2. The number of nitrogen functional groups attached to an aromatic ring is 1. The van der Waals surface area contributed by atoms with Crippen molar-refractivity contribution in [2.24, 2.45) is 5.73 Å². The maximum absolute atomic E-state index is 6.47. The Morgan fingerprint density at radius 3 is 2.94 bits per heavy atom. The minimum absolute atomic E-state index is 0.0264. The largest absolute Gasteiger partial charge is 0.492 e. The molecule has 0 saturated carbocycles. The molecule has 0 bridgehead atoms. The topological polar surface area (TPSA) is 98.7 Å². The fraction of sp³-hybridized carbons (Fsp3) is 0.480. The summed E-state index contributed by atoms with van der Waals surface area (Å²) in [6.45, 7) is 7.23. The number of nitrogens with one attached hydrogen (secondary N) is 1. The number of hydrogen-bond donors (Lipinski definition) is 3. The lowest BCUT2D eigenvalue weighted by atomic mass is 9.99. The number of aromatic nitrogens is 1. The van der Waals surface area contributed by atoms with Crippen LogP contribution in [0.5, 0.6) is 5.75 Å². The van der Waals surface area contributed by atoms with E-state index in [-0.39, 0.29) is 18.2 Å². The third-order valence-corrected chi connectivity index (χ3v) is 7.97. The highest BCUT2D eigenvalue weighted by Crippen LogP contribution is 2.35. The molecule has 1 saturated heterocycles. The summed E-state index contributed by atoms with van der Waals surface area (Å²) < 4.78 is 11.7. The van der Waals surface area contributed by atoms with E-state index in [1.807, 2.05) is 6.92 Å². The van der Waals surface area contributed by atoms with E-state index in [9.17, 15) is 0 Å². The van der Waals surface area contributed by atoms with Gasteiger partial charge in [0.2, 0.25) is 0 Å². The lowest BCUT2D eigenvalue weighted by Gasteiger charge is -2.37. The van der Waals surface area contributed by atoms with Crippen LogP contribution in [-0.4, -0.2) is 50.0 Å². The Hall–Kier alpha value is -2.39. The number of nitrogens with zero attached hydrogens (tertiary/aromatic N) is 2. The second kappa shape index (κ2) is 9.10. The second-order valence-corrected chi connectivity index (χ2v) is 10.3. The normalized spacial score (nSPS) is 22.9. The second-order valence-electron chi connectivity index (χ2n) is 9.26. The lowest BCUT2D eigenvalue weighted by Crippen LogP contribution is -2.52. The number of benzene rings is 1. The van der Waals surface area contributed by atoms with E-state index in [2.05, 4.69) is 46.4 Å². The maximum atomic E-state index is 6.47. The Balaban J connectivity index is 1.24. The molecule has 0 radical (unpaired) electrons. The molecule has 2 aliphatic rings. The maximum Gasteiger partial charge on any atom is 0.126 e. The van der Waals surface area contributed by atoms with Crippen LogP contribution < -0.4 is 26.4 Å². The smallest absolute Gasteiger partial charge is 0.126 e. The van der Waals surface area contributed by atoms with E-state index in [0.29, 0.717) is 6.61 Å². The van der Waals surface area contributed by atoms with Gasteiger partial charge in [-0.3, -0.25) is 0 Å². The van der Waals surface area contributed by atoms with Gasteiger partial charge in [-0.05, 0) is 49.9 Å². The zero-order valence-electron chi connectivity index (χ0n) is 19.6. The van der Waals surface area contributed by atoms with Gasteiger partial charge in [0, 0.05) is 66.5 Å². The van der Waals surface area contributed by atoms with E-state index >= 15 is 0 Å². The first kappa shape index (κ1) is 22.4. The molecule has 0 aliphatic carbocycles. The SMILES string of the molecule is CO[C@H]1CCN(c2ccc3c(c2)OC[C@H](NCc2sc4nc(C)cc(C)c4c2N)C3)C[C@@H]1N. The summed E-state index contributed by atoms with van der Waals surface area (Å²) in [5.74, 6) is 0.977. The fourth-order valence-electron chi connectivity index (χ4n) is 5.06. The Morgan fingerprint density at radius 1 is 1.30 bits per heavy atom. The van der Waals surface area contributed by atoms with Crippen LogP contribution in [0.1, 0.15) is 28.1 Å². The van der Waals surface area contributed by atoms with Crippen molar-refractivity contribution in [3.63, 3.8) is 0 Å². The molecule has 8 heteroatoms. The summed E-state index contributed by atoms with van der Waals surface area (Å²) in [6, 6.07) is 8.90. The number of methoxy groups -OCH3 is 1. The fourth-order valence-corrected chi connectivity index (χ4v) is 6.22. The zero-order valence-corrected chi connectivity index (χ0v) is 20.4. The van der Waals surface area contributed by atoms with E-state index in [1.165, 1.54) is 16.8 Å². The number of fused-ring (bicyclic) bond motifs is 2. The van der Waals surface area contributed by atoms with Gasteiger partial charge >= 0.3 is 0 Å². The molecule has 0 amide bonds. The number of rotatable bonds is 5. The minimum Gasteiger partial charge on any atom is -0.492 e. The molecule has 5 N–H and O–H groups in total. The molecule has 33 heavy (non-hydrogen) atoms. The van der Waals surface area contributed by atoms with Gasteiger partial charge in [-0.1, -0.05) is 6.07 Å². The third-order valence-electron chi connectivity index (χ3n) is 6.87. The van der Waals surface area contributed by atoms with Crippen LogP contribution in [0.4, 0.5) is 11.4 Å². The van der Waals surface area contributed by atoms with Crippen molar-refractivity contribution in [1.29, 1.82) is 0 Å². The summed E-state index contributed by atoms with van der Waals surface area (Å²) in [5.41, 5.74) is 18.2. The first-order valence-corrected chi connectivity index (χ1v) is 12.4. The van der Waals surface area contributed by atoms with Gasteiger partial charge in [-0.25, -0.2) is 4.98 Å². The van der Waals surface area contributed by atoms with Crippen molar-refractivity contribution >= 4 is 32.9 Å². The first-order valence-electron chi connectivity index (χ1n) is 11.6. The number of hydrogen-bond acceptors (Lipinski definition) is 8. The van der Waals surface area contributed by atoms with Crippen molar-refractivity contribution in [3.05, 3.63) is 46.0 Å². The quantitative estimate of drug-likeness (QED) is 0.530. The van der Waals surface area contributed by atoms with E-state index in [0.717, 1.165) is 64.7 Å². The van der Waals surface area contributed by atoms with Crippen molar-refractivity contribution in [1.82, 2.24) is 10.3 Å². The average molecular weight is 468 g/mol. The number of thiophene rings is 1.